The topological polar surface area (TPSA) is 62.2 Å². The van der Waals surface area contributed by atoms with Gasteiger partial charge in [0.25, 0.3) is 5.91 Å². The molecule has 1 heterocycles. The molecule has 0 aliphatic heterocycles. The van der Waals surface area contributed by atoms with Gasteiger partial charge in [0, 0.05) is 25.1 Å². The van der Waals surface area contributed by atoms with Crippen LogP contribution in [0.4, 0.5) is 0 Å². The number of aromatic nitrogens is 1. The Morgan fingerprint density at radius 1 is 1.38 bits per heavy atom. The molecule has 5 heteroatoms. The van der Waals surface area contributed by atoms with Crippen molar-refractivity contribution in [3.05, 3.63) is 23.9 Å². The number of rotatable bonds is 7. The molecular weight excluding hydrogens is 284 g/mol. The lowest BCUT2D eigenvalue weighted by Crippen LogP contribution is -2.25. The minimum absolute atomic E-state index is 0.0939. The van der Waals surface area contributed by atoms with Crippen molar-refractivity contribution < 1.29 is 9.90 Å². The fourth-order valence-electron chi connectivity index (χ4n) is 2.61. The normalized spacial score (nSPS) is 15.9. The number of nitrogens with one attached hydrogen (secondary N) is 1. The number of amides is 1. The first-order valence-corrected chi connectivity index (χ1v) is 8.76. The molecule has 0 saturated heterocycles. The molecule has 21 heavy (non-hydrogen) atoms. The molecule has 116 valence electrons. The number of carbonyl (C=O) groups is 1. The van der Waals surface area contributed by atoms with Crippen LogP contribution in [0.3, 0.4) is 0 Å². The zero-order valence-corrected chi connectivity index (χ0v) is 13.2. The number of hydrogen-bond acceptors (Lipinski definition) is 4. The van der Waals surface area contributed by atoms with Crippen LogP contribution in [0.1, 0.15) is 48.9 Å². The Labute approximate surface area is 130 Å². The molecule has 0 atom stereocenters. The summed E-state index contributed by atoms with van der Waals surface area (Å²) in [6.45, 7) is 0.591. The van der Waals surface area contributed by atoms with E-state index in [0.29, 0.717) is 18.5 Å². The average molecular weight is 308 g/mol. The number of thioether (sulfide) groups is 1. The monoisotopic (exact) mass is 308 g/mol. The Morgan fingerprint density at radius 2 is 2.19 bits per heavy atom. The summed E-state index contributed by atoms with van der Waals surface area (Å²) in [5.41, 5.74) is 0.649. The van der Waals surface area contributed by atoms with E-state index in [0.717, 1.165) is 16.7 Å². The SMILES string of the molecule is O=C(NCCCO)c1cccnc1SCC1CCCCC1. The number of nitrogens with zero attached hydrogens (tertiary/aromatic N) is 1. The van der Waals surface area contributed by atoms with Crippen LogP contribution in [0.5, 0.6) is 0 Å². The van der Waals surface area contributed by atoms with Gasteiger partial charge in [-0.25, -0.2) is 4.98 Å². The molecular formula is C16H24N2O2S. The second-order valence-corrected chi connectivity index (χ2v) is 6.51. The zero-order valence-electron chi connectivity index (χ0n) is 12.4. The molecule has 0 aromatic carbocycles. The van der Waals surface area contributed by atoms with Gasteiger partial charge < -0.3 is 10.4 Å². The first-order valence-electron chi connectivity index (χ1n) is 7.78. The van der Waals surface area contributed by atoms with E-state index in [9.17, 15) is 4.79 Å². The van der Waals surface area contributed by atoms with E-state index >= 15 is 0 Å². The van der Waals surface area contributed by atoms with E-state index in [2.05, 4.69) is 10.3 Å². The van der Waals surface area contributed by atoms with Gasteiger partial charge in [0.15, 0.2) is 0 Å². The Morgan fingerprint density at radius 3 is 2.95 bits per heavy atom. The van der Waals surface area contributed by atoms with Crippen LogP contribution in [0, 0.1) is 5.92 Å². The maximum atomic E-state index is 12.1. The third kappa shape index (κ3) is 5.32. The van der Waals surface area contributed by atoms with Crippen molar-refractivity contribution in [2.75, 3.05) is 18.9 Å². The van der Waals surface area contributed by atoms with E-state index < -0.39 is 0 Å². The van der Waals surface area contributed by atoms with Gasteiger partial charge in [-0.05, 0) is 37.3 Å². The van der Waals surface area contributed by atoms with E-state index in [4.69, 9.17) is 5.11 Å². The molecule has 1 aliphatic carbocycles. The van der Waals surface area contributed by atoms with Crippen molar-refractivity contribution in [1.29, 1.82) is 0 Å². The van der Waals surface area contributed by atoms with Crippen LogP contribution in [0.2, 0.25) is 0 Å². The van der Waals surface area contributed by atoms with Gasteiger partial charge in [-0.1, -0.05) is 19.3 Å². The highest BCUT2D eigenvalue weighted by molar-refractivity contribution is 7.99. The summed E-state index contributed by atoms with van der Waals surface area (Å²) in [4.78, 5) is 16.5. The third-order valence-electron chi connectivity index (χ3n) is 3.82. The van der Waals surface area contributed by atoms with E-state index in [-0.39, 0.29) is 12.5 Å². The summed E-state index contributed by atoms with van der Waals surface area (Å²) in [6.07, 6.45) is 8.97. The number of carbonyl (C=O) groups excluding carboxylic acids is 1. The maximum absolute atomic E-state index is 12.1. The summed E-state index contributed by atoms with van der Waals surface area (Å²) in [6, 6.07) is 3.62. The van der Waals surface area contributed by atoms with Gasteiger partial charge in [-0.2, -0.15) is 0 Å². The number of hydrogen-bond donors (Lipinski definition) is 2. The minimum atomic E-state index is -0.0947. The molecule has 4 nitrogen and oxygen atoms in total. The standard InChI is InChI=1S/C16H24N2O2S/c19-11-5-10-17-15(20)14-8-4-9-18-16(14)21-12-13-6-2-1-3-7-13/h4,8-9,13,19H,1-3,5-7,10-12H2,(H,17,20). The number of aliphatic hydroxyl groups excluding tert-OH is 1. The van der Waals surface area contributed by atoms with Crippen molar-refractivity contribution >= 4 is 17.7 Å². The molecule has 1 fully saturated rings. The van der Waals surface area contributed by atoms with Gasteiger partial charge in [-0.3, -0.25) is 4.79 Å². The summed E-state index contributed by atoms with van der Waals surface area (Å²) < 4.78 is 0. The molecule has 1 aromatic rings. The molecule has 1 aliphatic rings. The van der Waals surface area contributed by atoms with Gasteiger partial charge in [0.1, 0.15) is 5.03 Å². The number of pyridine rings is 1. The molecule has 1 aromatic heterocycles. The highest BCUT2D eigenvalue weighted by atomic mass is 32.2. The quantitative estimate of drug-likeness (QED) is 0.600. The maximum Gasteiger partial charge on any atom is 0.254 e. The summed E-state index contributed by atoms with van der Waals surface area (Å²) >= 11 is 1.70. The Balaban J connectivity index is 1.90. The van der Waals surface area contributed by atoms with Crippen LogP contribution in [-0.4, -0.2) is 34.9 Å². The smallest absolute Gasteiger partial charge is 0.254 e. The summed E-state index contributed by atoms with van der Waals surface area (Å²) in [7, 11) is 0. The minimum Gasteiger partial charge on any atom is -0.396 e. The second kappa shape index (κ2) is 9.05. The molecule has 1 saturated carbocycles. The molecule has 0 radical (unpaired) electrons. The fourth-order valence-corrected chi connectivity index (χ4v) is 3.78. The highest BCUT2D eigenvalue weighted by Crippen LogP contribution is 2.30. The van der Waals surface area contributed by atoms with Crippen molar-refractivity contribution in [1.82, 2.24) is 10.3 Å². The molecule has 2 N–H and O–H groups in total. The van der Waals surface area contributed by atoms with Crippen molar-refractivity contribution in [3.8, 4) is 0 Å². The summed E-state index contributed by atoms with van der Waals surface area (Å²) in [5.74, 6) is 1.72. The van der Waals surface area contributed by atoms with Gasteiger partial charge in [-0.15, -0.1) is 11.8 Å². The zero-order chi connectivity index (χ0) is 14.9. The van der Waals surface area contributed by atoms with Crippen LogP contribution in [0.25, 0.3) is 0 Å². The first-order chi connectivity index (χ1) is 10.3. The highest BCUT2D eigenvalue weighted by Gasteiger charge is 2.17. The van der Waals surface area contributed by atoms with Crippen LogP contribution in [0.15, 0.2) is 23.4 Å². The van der Waals surface area contributed by atoms with E-state index in [1.165, 1.54) is 32.1 Å². The average Bonchev–Trinajstić information content (AvgIpc) is 2.54. The largest absolute Gasteiger partial charge is 0.396 e. The first kappa shape index (κ1) is 16.3. The van der Waals surface area contributed by atoms with Crippen molar-refractivity contribution in [2.45, 2.75) is 43.6 Å². The van der Waals surface area contributed by atoms with E-state index in [1.807, 2.05) is 6.07 Å². The van der Waals surface area contributed by atoms with E-state index in [1.54, 1.807) is 24.0 Å². The van der Waals surface area contributed by atoms with Crippen LogP contribution >= 0.6 is 11.8 Å². The molecule has 0 unspecified atom stereocenters. The van der Waals surface area contributed by atoms with Gasteiger partial charge >= 0.3 is 0 Å². The molecule has 0 bridgehead atoms. The lowest BCUT2D eigenvalue weighted by molar-refractivity contribution is 0.0947. The van der Waals surface area contributed by atoms with Crippen molar-refractivity contribution in [2.24, 2.45) is 5.92 Å². The van der Waals surface area contributed by atoms with Gasteiger partial charge in [0.05, 0.1) is 5.56 Å². The Bertz CT molecular complexity index is 448. The third-order valence-corrected chi connectivity index (χ3v) is 5.05. The molecule has 1 amide bonds. The molecule has 0 spiro atoms. The predicted molar refractivity (Wildman–Crippen MR) is 85.6 cm³/mol. The van der Waals surface area contributed by atoms with Crippen molar-refractivity contribution in [3.63, 3.8) is 0 Å². The van der Waals surface area contributed by atoms with Crippen LogP contribution in [-0.2, 0) is 0 Å². The lowest BCUT2D eigenvalue weighted by Gasteiger charge is -2.21. The lowest BCUT2D eigenvalue weighted by atomic mass is 9.91. The summed E-state index contributed by atoms with van der Waals surface area (Å²) in [5, 5.41) is 12.4. The molecule has 2 rings (SSSR count). The fraction of sp³-hybridized carbons (Fsp3) is 0.625. The van der Waals surface area contributed by atoms with Gasteiger partial charge in [0.2, 0.25) is 0 Å². The predicted octanol–water partition coefficient (Wildman–Crippen LogP) is 2.87. The number of aliphatic hydroxyl groups is 1. The Hall–Kier alpha value is -1.07. The Kier molecular flexibility index (Phi) is 7.03. The second-order valence-electron chi connectivity index (χ2n) is 5.50. The van der Waals surface area contributed by atoms with Crippen LogP contribution < -0.4 is 5.32 Å².